The van der Waals surface area contributed by atoms with Crippen LogP contribution in [0.25, 0.3) is 11.0 Å². The summed E-state index contributed by atoms with van der Waals surface area (Å²) >= 11 is 5.91. The summed E-state index contributed by atoms with van der Waals surface area (Å²) in [5.41, 5.74) is 0.109. The van der Waals surface area contributed by atoms with Gasteiger partial charge in [0.25, 0.3) is 0 Å². The third kappa shape index (κ3) is 5.16. The second-order valence-electron chi connectivity index (χ2n) is 8.00. The molecule has 0 aromatic carbocycles. The number of hydrogen-bond donors (Lipinski definition) is 0. The van der Waals surface area contributed by atoms with Crippen molar-refractivity contribution in [2.75, 3.05) is 6.61 Å². The van der Waals surface area contributed by atoms with Crippen LogP contribution in [-0.4, -0.2) is 34.8 Å². The van der Waals surface area contributed by atoms with Gasteiger partial charge in [0.05, 0.1) is 0 Å². The van der Waals surface area contributed by atoms with Crippen LogP contribution in [0.2, 0.25) is 31.0 Å². The Morgan fingerprint density at radius 1 is 1.25 bits per heavy atom. The lowest BCUT2D eigenvalue weighted by atomic mass is 10.2. The van der Waals surface area contributed by atoms with E-state index in [4.69, 9.17) is 21.1 Å². The second kappa shape index (κ2) is 6.97. The smallest absolute Gasteiger partial charge is 0.243 e. The van der Waals surface area contributed by atoms with Gasteiger partial charge in [0.1, 0.15) is 23.4 Å². The minimum Gasteiger partial charge on any atom is -0.470 e. The van der Waals surface area contributed by atoms with Crippen LogP contribution in [0.1, 0.15) is 20.8 Å². The van der Waals surface area contributed by atoms with Crippen molar-refractivity contribution in [2.45, 2.75) is 58.8 Å². The van der Waals surface area contributed by atoms with E-state index in [-0.39, 0.29) is 23.4 Å². The monoisotopic (exact) mass is 373 g/mol. The normalized spacial score (nSPS) is 12.8. The first-order chi connectivity index (χ1) is 11.0. The molecule has 0 amide bonds. The van der Waals surface area contributed by atoms with Crippen molar-refractivity contribution < 1.29 is 13.9 Å². The highest BCUT2D eigenvalue weighted by molar-refractivity contribution is 6.76. The van der Waals surface area contributed by atoms with Gasteiger partial charge in [-0.15, -0.1) is 0 Å². The first-order valence-electron chi connectivity index (χ1n) is 7.95. The van der Waals surface area contributed by atoms with E-state index in [1.165, 1.54) is 6.20 Å². The number of nitrogens with zero attached hydrogens (tertiary/aromatic N) is 3. The fourth-order valence-corrected chi connectivity index (χ4v) is 3.02. The van der Waals surface area contributed by atoms with Gasteiger partial charge >= 0.3 is 0 Å². The lowest BCUT2D eigenvalue weighted by Gasteiger charge is -2.21. The molecule has 8 heteroatoms. The molecule has 0 aliphatic carbocycles. The Bertz CT molecular complexity index is 723. The van der Waals surface area contributed by atoms with E-state index in [0.717, 1.165) is 6.04 Å². The molecule has 0 unspecified atom stereocenters. The third-order valence-corrected chi connectivity index (χ3v) is 5.11. The van der Waals surface area contributed by atoms with Gasteiger partial charge in [0.2, 0.25) is 11.2 Å². The van der Waals surface area contributed by atoms with E-state index in [1.54, 1.807) is 4.57 Å². The highest BCUT2D eigenvalue weighted by Crippen LogP contribution is 2.30. The number of fused-ring (bicyclic) bond motifs is 1. The Kier molecular flexibility index (Phi) is 5.56. The van der Waals surface area contributed by atoms with Gasteiger partial charge in [0, 0.05) is 20.9 Å². The molecule has 24 heavy (non-hydrogen) atoms. The van der Waals surface area contributed by atoms with Crippen molar-refractivity contribution >= 4 is 30.7 Å². The van der Waals surface area contributed by atoms with Crippen LogP contribution in [0.4, 0.5) is 4.39 Å². The second-order valence-corrected chi connectivity index (χ2v) is 14.0. The maximum absolute atomic E-state index is 14.2. The van der Waals surface area contributed by atoms with Crippen LogP contribution < -0.4 is 4.74 Å². The molecule has 0 fully saturated rings. The zero-order chi connectivity index (χ0) is 18.1. The Morgan fingerprint density at radius 3 is 2.50 bits per heavy atom. The number of halogens is 2. The predicted molar refractivity (Wildman–Crippen MR) is 97.0 cm³/mol. The molecular weight excluding hydrogens is 349 g/mol. The Morgan fingerprint density at radius 2 is 1.92 bits per heavy atom. The maximum atomic E-state index is 14.2. The quantitative estimate of drug-likeness (QED) is 0.418. The predicted octanol–water partition coefficient (Wildman–Crippen LogP) is 4.71. The Balaban J connectivity index is 2.30. The van der Waals surface area contributed by atoms with Crippen LogP contribution in [0.5, 0.6) is 5.88 Å². The van der Waals surface area contributed by atoms with Gasteiger partial charge in [-0.1, -0.05) is 19.6 Å². The largest absolute Gasteiger partial charge is 0.470 e. The molecule has 0 aliphatic rings. The minimum atomic E-state index is -1.17. The molecule has 2 rings (SSSR count). The van der Waals surface area contributed by atoms with Gasteiger partial charge in [-0.05, 0) is 38.4 Å². The van der Waals surface area contributed by atoms with E-state index in [9.17, 15) is 4.39 Å². The van der Waals surface area contributed by atoms with Gasteiger partial charge in [-0.3, -0.25) is 0 Å². The minimum absolute atomic E-state index is 0.0435. The topological polar surface area (TPSA) is 49.2 Å². The molecule has 0 aliphatic heterocycles. The van der Waals surface area contributed by atoms with E-state index in [1.807, 2.05) is 20.8 Å². The van der Waals surface area contributed by atoms with Crippen molar-refractivity contribution in [3.63, 3.8) is 0 Å². The molecule has 5 nitrogen and oxygen atoms in total. The summed E-state index contributed by atoms with van der Waals surface area (Å²) in [6.07, 6.45) is 1.35. The van der Waals surface area contributed by atoms with E-state index in [0.29, 0.717) is 12.1 Å². The van der Waals surface area contributed by atoms with Crippen LogP contribution >= 0.6 is 11.6 Å². The third-order valence-electron chi connectivity index (χ3n) is 3.24. The SMILES string of the molecule is CC(C)(C)Oc1nc(Cl)nc2c(F)cn(COCC[Si](C)(C)C)c12. The van der Waals surface area contributed by atoms with E-state index in [2.05, 4.69) is 29.6 Å². The molecule has 0 bridgehead atoms. The summed E-state index contributed by atoms with van der Waals surface area (Å²) in [4.78, 5) is 8.11. The molecule has 2 heterocycles. The number of ether oxygens (including phenoxy) is 2. The van der Waals surface area contributed by atoms with Crippen molar-refractivity contribution in [3.05, 3.63) is 17.3 Å². The van der Waals surface area contributed by atoms with Gasteiger partial charge in [-0.2, -0.15) is 4.98 Å². The van der Waals surface area contributed by atoms with Crippen LogP contribution in [0.15, 0.2) is 6.20 Å². The summed E-state index contributed by atoms with van der Waals surface area (Å²) in [7, 11) is -1.17. The summed E-state index contributed by atoms with van der Waals surface area (Å²) in [6, 6.07) is 1.04. The molecular formula is C16H25ClFN3O2Si. The maximum Gasteiger partial charge on any atom is 0.243 e. The molecule has 2 aromatic heterocycles. The summed E-state index contributed by atoms with van der Waals surface area (Å²) < 4.78 is 27.4. The molecule has 0 saturated heterocycles. The molecule has 134 valence electrons. The summed E-state index contributed by atoms with van der Waals surface area (Å²) in [5.74, 6) is -0.211. The van der Waals surface area contributed by atoms with Crippen molar-refractivity contribution in [3.8, 4) is 5.88 Å². The average molecular weight is 374 g/mol. The molecule has 0 atom stereocenters. The lowest BCUT2D eigenvalue weighted by molar-refractivity contribution is 0.0878. The Labute approximate surface area is 148 Å². The zero-order valence-electron chi connectivity index (χ0n) is 15.1. The number of rotatable bonds is 6. The molecule has 0 saturated carbocycles. The fraction of sp³-hybridized carbons (Fsp3) is 0.625. The van der Waals surface area contributed by atoms with Gasteiger partial charge in [0.15, 0.2) is 5.82 Å². The molecule has 2 aromatic rings. The van der Waals surface area contributed by atoms with Crippen molar-refractivity contribution in [2.24, 2.45) is 0 Å². The van der Waals surface area contributed by atoms with Gasteiger partial charge < -0.3 is 14.0 Å². The number of hydrogen-bond acceptors (Lipinski definition) is 4. The Hall–Kier alpha value is -1.18. The fourth-order valence-electron chi connectivity index (χ4n) is 2.10. The molecule has 0 N–H and O–H groups in total. The first-order valence-corrected chi connectivity index (χ1v) is 12.0. The van der Waals surface area contributed by atoms with Gasteiger partial charge in [-0.25, -0.2) is 9.37 Å². The highest BCUT2D eigenvalue weighted by atomic mass is 35.5. The average Bonchev–Trinajstić information content (AvgIpc) is 2.69. The molecule has 0 spiro atoms. The number of aromatic nitrogens is 3. The van der Waals surface area contributed by atoms with Crippen LogP contribution in [0, 0.1) is 5.82 Å². The van der Waals surface area contributed by atoms with E-state index >= 15 is 0 Å². The van der Waals surface area contributed by atoms with Crippen LogP contribution in [-0.2, 0) is 11.5 Å². The summed E-state index contributed by atoms with van der Waals surface area (Å²) in [6.45, 7) is 13.4. The highest BCUT2D eigenvalue weighted by Gasteiger charge is 2.22. The lowest BCUT2D eigenvalue weighted by Crippen LogP contribution is -2.24. The van der Waals surface area contributed by atoms with Crippen molar-refractivity contribution in [1.82, 2.24) is 14.5 Å². The molecule has 0 radical (unpaired) electrons. The standard InChI is InChI=1S/C16H25ClFN3O2Si/c1-16(2,3)23-14-13-12(19-15(17)20-14)11(18)9-21(13)10-22-7-8-24(4,5)6/h9H,7-8,10H2,1-6H3. The zero-order valence-corrected chi connectivity index (χ0v) is 16.9. The first kappa shape index (κ1) is 19.1. The van der Waals surface area contributed by atoms with Crippen LogP contribution in [0.3, 0.4) is 0 Å². The van der Waals surface area contributed by atoms with Crippen molar-refractivity contribution in [1.29, 1.82) is 0 Å². The van der Waals surface area contributed by atoms with E-state index < -0.39 is 19.5 Å². The summed E-state index contributed by atoms with van der Waals surface area (Å²) in [5, 5.41) is -0.0435.